The third-order valence-electron chi connectivity index (χ3n) is 6.29. The number of pyridine rings is 1. The summed E-state index contributed by atoms with van der Waals surface area (Å²) in [7, 11) is 1.59. The minimum absolute atomic E-state index is 0.108. The molecule has 2 aliphatic rings. The number of ether oxygens (including phenoxy) is 1. The first kappa shape index (κ1) is 18.8. The second-order valence-corrected chi connectivity index (χ2v) is 7.79. The van der Waals surface area contributed by atoms with Gasteiger partial charge in [0.15, 0.2) is 0 Å². The van der Waals surface area contributed by atoms with Crippen molar-refractivity contribution in [1.82, 2.24) is 4.98 Å². The smallest absolute Gasteiger partial charge is 0.258 e. The lowest BCUT2D eigenvalue weighted by molar-refractivity contribution is -0.121. The summed E-state index contributed by atoms with van der Waals surface area (Å²) in [6.45, 7) is 0.319. The number of alkyl halides is 2. The molecule has 0 saturated heterocycles. The fourth-order valence-electron chi connectivity index (χ4n) is 4.63. The van der Waals surface area contributed by atoms with Crippen molar-refractivity contribution in [2.75, 3.05) is 12.0 Å². The Bertz CT molecular complexity index is 841. The number of benzene rings is 1. The molecule has 6 heteroatoms. The number of anilines is 1. The predicted octanol–water partition coefficient (Wildman–Crippen LogP) is 4.84. The zero-order valence-corrected chi connectivity index (χ0v) is 15.9. The molecule has 1 aromatic heterocycles. The van der Waals surface area contributed by atoms with Crippen molar-refractivity contribution < 1.29 is 18.3 Å². The second-order valence-electron chi connectivity index (χ2n) is 7.79. The van der Waals surface area contributed by atoms with Crippen LogP contribution in [0.25, 0.3) is 0 Å². The highest BCUT2D eigenvalue weighted by molar-refractivity contribution is 5.94. The lowest BCUT2D eigenvalue weighted by Gasteiger charge is -2.27. The van der Waals surface area contributed by atoms with Crippen molar-refractivity contribution >= 4 is 11.6 Å². The van der Waals surface area contributed by atoms with Gasteiger partial charge in [0.25, 0.3) is 5.92 Å². The molecule has 2 atom stereocenters. The molecule has 1 amide bonds. The Labute approximate surface area is 163 Å². The minimum atomic E-state index is -2.72. The van der Waals surface area contributed by atoms with E-state index in [9.17, 15) is 13.6 Å². The maximum Gasteiger partial charge on any atom is 0.258 e. The molecule has 0 radical (unpaired) electrons. The number of methoxy groups -OCH3 is 1. The maximum absolute atomic E-state index is 14.5. The summed E-state index contributed by atoms with van der Waals surface area (Å²) in [6.07, 6.45) is 5.66. The molecule has 4 nitrogen and oxygen atoms in total. The fourth-order valence-corrected chi connectivity index (χ4v) is 4.63. The van der Waals surface area contributed by atoms with E-state index >= 15 is 0 Å². The van der Waals surface area contributed by atoms with E-state index in [1.807, 2.05) is 24.3 Å². The summed E-state index contributed by atoms with van der Waals surface area (Å²) >= 11 is 0. The van der Waals surface area contributed by atoms with Crippen molar-refractivity contribution in [3.63, 3.8) is 0 Å². The van der Waals surface area contributed by atoms with E-state index < -0.39 is 17.3 Å². The average molecular weight is 386 g/mol. The number of nitrogens with zero attached hydrogens (tertiary/aromatic N) is 2. The van der Waals surface area contributed by atoms with Crippen molar-refractivity contribution in [1.29, 1.82) is 0 Å². The van der Waals surface area contributed by atoms with Crippen LogP contribution in [-0.4, -0.2) is 23.9 Å². The molecule has 4 rings (SSSR count). The van der Waals surface area contributed by atoms with Crippen LogP contribution in [0.3, 0.4) is 0 Å². The van der Waals surface area contributed by atoms with Gasteiger partial charge in [-0.2, -0.15) is 0 Å². The first-order chi connectivity index (χ1) is 13.5. The summed E-state index contributed by atoms with van der Waals surface area (Å²) in [5.74, 6) is -2.89. The zero-order chi connectivity index (χ0) is 19.8. The molecule has 2 aliphatic carbocycles. The van der Waals surface area contributed by atoms with Gasteiger partial charge >= 0.3 is 0 Å². The molecule has 0 aliphatic heterocycles. The van der Waals surface area contributed by atoms with E-state index in [0.29, 0.717) is 25.1 Å². The number of amides is 1. The normalized spacial score (nSPS) is 24.9. The van der Waals surface area contributed by atoms with Crippen LogP contribution in [0.5, 0.6) is 5.75 Å². The Kier molecular flexibility index (Phi) is 4.81. The van der Waals surface area contributed by atoms with Gasteiger partial charge in [-0.1, -0.05) is 25.0 Å². The number of hydrogen-bond acceptors (Lipinski definition) is 3. The summed E-state index contributed by atoms with van der Waals surface area (Å²) in [5, 5.41) is 0. The highest BCUT2D eigenvalue weighted by Crippen LogP contribution is 2.73. The van der Waals surface area contributed by atoms with E-state index in [0.717, 1.165) is 24.2 Å². The minimum Gasteiger partial charge on any atom is -0.497 e. The van der Waals surface area contributed by atoms with E-state index in [1.165, 1.54) is 0 Å². The van der Waals surface area contributed by atoms with Crippen molar-refractivity contribution in [2.24, 2.45) is 11.3 Å². The van der Waals surface area contributed by atoms with Gasteiger partial charge in [-0.05, 0) is 42.7 Å². The first-order valence-electron chi connectivity index (χ1n) is 9.69. The van der Waals surface area contributed by atoms with Crippen LogP contribution in [0.1, 0.15) is 37.7 Å². The molecule has 2 unspecified atom stereocenters. The lowest BCUT2D eigenvalue weighted by atomic mass is 9.85. The third-order valence-corrected chi connectivity index (χ3v) is 6.29. The Morgan fingerprint density at radius 3 is 2.54 bits per heavy atom. The topological polar surface area (TPSA) is 42.4 Å². The standard InChI is InChI=1S/C22H24F2N2O2/c1-28-18-7-5-16(6-8-18)15-26(17-9-12-25-13-10-17)20(27)14-21-11-3-2-4-19(21)22(21,23)24/h5-10,12-13,19H,2-4,11,14-15H2,1H3. The number of hydrogen-bond donors (Lipinski definition) is 0. The highest BCUT2D eigenvalue weighted by atomic mass is 19.3. The van der Waals surface area contributed by atoms with Crippen LogP contribution in [-0.2, 0) is 11.3 Å². The monoisotopic (exact) mass is 386 g/mol. The van der Waals surface area contributed by atoms with Gasteiger partial charge in [0.2, 0.25) is 5.91 Å². The van der Waals surface area contributed by atoms with Gasteiger partial charge in [-0.15, -0.1) is 0 Å². The van der Waals surface area contributed by atoms with E-state index in [2.05, 4.69) is 4.98 Å². The largest absolute Gasteiger partial charge is 0.497 e. The molecule has 0 bridgehead atoms. The van der Waals surface area contributed by atoms with Gasteiger partial charge in [0.05, 0.1) is 19.1 Å². The summed E-state index contributed by atoms with van der Waals surface area (Å²) in [5.41, 5.74) is 0.433. The number of aromatic nitrogens is 1. The van der Waals surface area contributed by atoms with Crippen LogP contribution in [0.4, 0.5) is 14.5 Å². The van der Waals surface area contributed by atoms with Gasteiger partial charge < -0.3 is 9.64 Å². The van der Waals surface area contributed by atoms with Crippen molar-refractivity contribution in [3.8, 4) is 5.75 Å². The molecule has 28 heavy (non-hydrogen) atoms. The summed E-state index contributed by atoms with van der Waals surface area (Å²) in [6, 6.07) is 10.9. The van der Waals surface area contributed by atoms with Gasteiger partial charge in [-0.3, -0.25) is 9.78 Å². The number of halogens is 2. The van der Waals surface area contributed by atoms with Crippen LogP contribution >= 0.6 is 0 Å². The van der Waals surface area contributed by atoms with Crippen LogP contribution < -0.4 is 9.64 Å². The zero-order valence-electron chi connectivity index (χ0n) is 15.9. The van der Waals surface area contributed by atoms with Gasteiger partial charge in [-0.25, -0.2) is 8.78 Å². The van der Waals surface area contributed by atoms with Crippen molar-refractivity contribution in [3.05, 3.63) is 54.4 Å². The Morgan fingerprint density at radius 2 is 1.89 bits per heavy atom. The van der Waals surface area contributed by atoms with Crippen LogP contribution in [0, 0.1) is 11.3 Å². The Morgan fingerprint density at radius 1 is 1.18 bits per heavy atom. The first-order valence-corrected chi connectivity index (χ1v) is 9.69. The molecule has 2 fully saturated rings. The van der Waals surface area contributed by atoms with E-state index in [4.69, 9.17) is 4.74 Å². The molecule has 1 heterocycles. The van der Waals surface area contributed by atoms with E-state index in [1.54, 1.807) is 36.5 Å². The molecular weight excluding hydrogens is 362 g/mol. The number of carbonyl (C=O) groups is 1. The van der Waals surface area contributed by atoms with E-state index in [-0.39, 0.29) is 12.3 Å². The lowest BCUT2D eigenvalue weighted by Crippen LogP contribution is -2.34. The number of rotatable bonds is 6. The van der Waals surface area contributed by atoms with Gasteiger partial charge in [0, 0.05) is 30.4 Å². The molecule has 2 aromatic rings. The average Bonchev–Trinajstić information content (AvgIpc) is 3.21. The van der Waals surface area contributed by atoms with Gasteiger partial charge in [0.1, 0.15) is 5.75 Å². The van der Waals surface area contributed by atoms with Crippen LogP contribution in [0.2, 0.25) is 0 Å². The molecule has 148 valence electrons. The molecular formula is C22H24F2N2O2. The summed E-state index contributed by atoms with van der Waals surface area (Å²) in [4.78, 5) is 18.8. The Balaban J connectivity index is 1.57. The number of carbonyl (C=O) groups excluding carboxylic acids is 1. The quantitative estimate of drug-likeness (QED) is 0.714. The maximum atomic E-state index is 14.5. The predicted molar refractivity (Wildman–Crippen MR) is 102 cm³/mol. The van der Waals surface area contributed by atoms with Crippen LogP contribution in [0.15, 0.2) is 48.8 Å². The molecule has 0 N–H and O–H groups in total. The summed E-state index contributed by atoms with van der Waals surface area (Å²) < 4.78 is 34.2. The third kappa shape index (κ3) is 3.15. The Hall–Kier alpha value is -2.50. The second kappa shape index (κ2) is 7.15. The highest BCUT2D eigenvalue weighted by Gasteiger charge is 2.80. The molecule has 0 spiro atoms. The molecule has 1 aromatic carbocycles. The van der Waals surface area contributed by atoms with Crippen molar-refractivity contribution in [2.45, 2.75) is 44.6 Å². The molecule has 2 saturated carbocycles. The number of fused-ring (bicyclic) bond motifs is 1. The fraction of sp³-hybridized carbons (Fsp3) is 0.455. The SMILES string of the molecule is COc1ccc(CN(C(=O)CC23CCCCC2C3(F)F)c2ccncc2)cc1.